The zero-order valence-electron chi connectivity index (χ0n) is 1.65. The SMILES string of the molecule is O.[BiH3].[Nb].[SrH2]. The summed E-state index contributed by atoms with van der Waals surface area (Å²) in [6.07, 6.45) is 0. The Morgan fingerprint density at radius 3 is 1.00 bits per heavy atom. The minimum atomic E-state index is 0. The van der Waals surface area contributed by atoms with Gasteiger partial charge in [0.15, 0.2) is 0 Å². The molecular formula is H7BiNbOSr. The molecule has 0 rings (SSSR count). The molecule has 0 spiro atoms. The van der Waals surface area contributed by atoms with Crippen LogP contribution in [0.3, 0.4) is 0 Å². The van der Waals surface area contributed by atoms with Crippen molar-refractivity contribution in [3.05, 3.63) is 0 Å². The molecule has 0 aromatic carbocycles. The van der Waals surface area contributed by atoms with Crippen molar-refractivity contribution in [2.75, 3.05) is 0 Å². The van der Waals surface area contributed by atoms with E-state index in [0.717, 1.165) is 0 Å². The van der Waals surface area contributed by atoms with E-state index in [0.29, 0.717) is 0 Å². The van der Waals surface area contributed by atoms with Gasteiger partial charge in [-0.1, -0.05) is 0 Å². The van der Waals surface area contributed by atoms with Gasteiger partial charge in [-0.25, -0.2) is 0 Å². The summed E-state index contributed by atoms with van der Waals surface area (Å²) in [5.74, 6) is 0. The van der Waals surface area contributed by atoms with Gasteiger partial charge in [-0.15, -0.1) is 0 Å². The summed E-state index contributed by atoms with van der Waals surface area (Å²) in [7, 11) is 0. The molecule has 0 saturated carbocycles. The average molecular weight is 413 g/mol. The summed E-state index contributed by atoms with van der Waals surface area (Å²) in [5, 5.41) is 0. The van der Waals surface area contributed by atoms with E-state index in [1.807, 2.05) is 0 Å². The zero-order valence-corrected chi connectivity index (χ0v) is 9.35. The second-order valence-electron chi connectivity index (χ2n) is 0. The van der Waals surface area contributed by atoms with Gasteiger partial charge >= 0.3 is 71.7 Å². The molecule has 0 aromatic heterocycles. The van der Waals surface area contributed by atoms with Crippen LogP contribution >= 0.6 is 0 Å². The molecular weight excluding hydrogens is 406 g/mol. The fraction of sp³-hybridized carbons (Fsp3) is 0. The first-order valence-electron chi connectivity index (χ1n) is 0. The van der Waals surface area contributed by atoms with Crippen LogP contribution in [0.4, 0.5) is 0 Å². The number of hydrogen-bond acceptors (Lipinski definition) is 0. The molecule has 1 nitrogen and oxygen atoms in total. The summed E-state index contributed by atoms with van der Waals surface area (Å²) >= 11 is 0. The van der Waals surface area contributed by atoms with Crippen LogP contribution < -0.4 is 0 Å². The third-order valence-corrected chi connectivity index (χ3v) is 0. The molecule has 0 saturated heterocycles. The molecule has 0 amide bonds. The quantitative estimate of drug-likeness (QED) is 0.382. The van der Waals surface area contributed by atoms with Crippen LogP contribution in [0.15, 0.2) is 0 Å². The Bertz CT molecular complexity index is 8.00. The summed E-state index contributed by atoms with van der Waals surface area (Å²) in [6, 6.07) is 0. The molecule has 4 heavy (non-hydrogen) atoms. The van der Waals surface area contributed by atoms with Crippen molar-refractivity contribution in [1.29, 1.82) is 0 Å². The van der Waals surface area contributed by atoms with E-state index in [1.54, 1.807) is 0 Å². The number of rotatable bonds is 0. The molecule has 25 valence electrons. The van der Waals surface area contributed by atoms with E-state index < -0.39 is 0 Å². The van der Waals surface area contributed by atoms with Crippen molar-refractivity contribution < 1.29 is 27.9 Å². The standard InChI is InChI=1S/Bi.Nb.H2O.Sr.5H/h;;1H2;;;;;;. The predicted octanol–water partition coefficient (Wildman–Crippen LogP) is -2.93. The normalized spacial score (nSPS) is 0. The summed E-state index contributed by atoms with van der Waals surface area (Å²) in [4.78, 5) is 0. The summed E-state index contributed by atoms with van der Waals surface area (Å²) in [6.45, 7) is 0. The van der Waals surface area contributed by atoms with E-state index in [2.05, 4.69) is 0 Å². The van der Waals surface area contributed by atoms with E-state index in [1.165, 1.54) is 0 Å². The third kappa shape index (κ3) is 8.91. The first-order valence-corrected chi connectivity index (χ1v) is 0. The van der Waals surface area contributed by atoms with Crippen LogP contribution in [0.25, 0.3) is 0 Å². The van der Waals surface area contributed by atoms with Gasteiger partial charge in [0.05, 0.1) is 0 Å². The van der Waals surface area contributed by atoms with Crippen LogP contribution in [0, 0.1) is 0 Å². The molecule has 0 aliphatic carbocycles. The van der Waals surface area contributed by atoms with Crippen molar-refractivity contribution in [3.63, 3.8) is 0 Å². The Morgan fingerprint density at radius 1 is 1.00 bits per heavy atom. The molecule has 0 aliphatic rings. The predicted molar refractivity (Wildman–Crippen MR) is 22.1 cm³/mol. The first kappa shape index (κ1) is 27.7. The molecule has 0 aliphatic heterocycles. The van der Waals surface area contributed by atoms with Crippen LogP contribution in [-0.2, 0) is 22.4 Å². The maximum atomic E-state index is 0. The van der Waals surface area contributed by atoms with E-state index >= 15 is 0 Å². The Morgan fingerprint density at radius 2 is 1.00 bits per heavy atom. The second kappa shape index (κ2) is 16.6. The fourth-order valence-electron chi connectivity index (χ4n) is 0. The third-order valence-electron chi connectivity index (χ3n) is 0. The first-order chi connectivity index (χ1) is 0. The molecule has 0 heterocycles. The molecule has 0 unspecified atom stereocenters. The summed E-state index contributed by atoms with van der Waals surface area (Å²) in [5.41, 5.74) is 0. The molecule has 0 aromatic rings. The minimum absolute atomic E-state index is 0. The van der Waals surface area contributed by atoms with Crippen LogP contribution in [0.1, 0.15) is 0 Å². The van der Waals surface area contributed by atoms with Gasteiger partial charge in [0.25, 0.3) is 0 Å². The van der Waals surface area contributed by atoms with Crippen molar-refractivity contribution in [2.45, 2.75) is 0 Å². The molecule has 0 bridgehead atoms. The van der Waals surface area contributed by atoms with Gasteiger partial charge in [-0.2, -0.15) is 0 Å². The molecule has 2 N–H and O–H groups in total. The van der Waals surface area contributed by atoms with E-state index in [-0.39, 0.29) is 99.5 Å². The van der Waals surface area contributed by atoms with Gasteiger partial charge in [0.2, 0.25) is 0 Å². The van der Waals surface area contributed by atoms with E-state index in [9.17, 15) is 0 Å². The Labute approximate surface area is 97.1 Å². The van der Waals surface area contributed by atoms with Gasteiger partial charge in [0.1, 0.15) is 0 Å². The van der Waals surface area contributed by atoms with Crippen LogP contribution in [0.2, 0.25) is 0 Å². The molecule has 4 heteroatoms. The van der Waals surface area contributed by atoms with Gasteiger partial charge in [-0.05, 0) is 0 Å². The molecule has 1 radical (unpaired) electrons. The average Bonchev–Trinajstić information content (AvgIpc) is 0. The Hall–Kier alpha value is 3.06. The topological polar surface area (TPSA) is 31.5 Å². The van der Waals surface area contributed by atoms with Crippen molar-refractivity contribution in [3.8, 4) is 0 Å². The van der Waals surface area contributed by atoms with Crippen molar-refractivity contribution in [1.82, 2.24) is 0 Å². The van der Waals surface area contributed by atoms with Crippen molar-refractivity contribution in [2.24, 2.45) is 0 Å². The maximum absolute atomic E-state index is 0. The van der Waals surface area contributed by atoms with Crippen molar-refractivity contribution >= 4 is 71.7 Å². The Kier molecular flexibility index (Phi) is 115. The Balaban J connectivity index is 0. The van der Waals surface area contributed by atoms with E-state index in [4.69, 9.17) is 0 Å². The molecule has 0 atom stereocenters. The second-order valence-corrected chi connectivity index (χ2v) is 0. The van der Waals surface area contributed by atoms with Crippen LogP contribution in [-0.4, -0.2) is 77.2 Å². The molecule has 0 fully saturated rings. The summed E-state index contributed by atoms with van der Waals surface area (Å²) < 4.78 is 0. The van der Waals surface area contributed by atoms with Gasteiger partial charge in [0, 0.05) is 22.4 Å². The van der Waals surface area contributed by atoms with Gasteiger partial charge in [-0.3, -0.25) is 0 Å². The zero-order chi connectivity index (χ0) is 0. The van der Waals surface area contributed by atoms with Gasteiger partial charge < -0.3 is 5.48 Å². The number of hydrogen-bond donors (Lipinski definition) is 0. The monoisotopic (exact) mass is 413 g/mol. The van der Waals surface area contributed by atoms with Crippen LogP contribution in [0.5, 0.6) is 0 Å². The fourth-order valence-corrected chi connectivity index (χ4v) is 0.